The summed E-state index contributed by atoms with van der Waals surface area (Å²) in [5.74, 6) is 3.30. The van der Waals surface area contributed by atoms with Crippen LogP contribution in [0.4, 0.5) is 0 Å². The van der Waals surface area contributed by atoms with E-state index in [-0.39, 0.29) is 11.8 Å². The van der Waals surface area contributed by atoms with Gasteiger partial charge in [-0.2, -0.15) is 0 Å². The van der Waals surface area contributed by atoms with Gasteiger partial charge in [-0.25, -0.2) is 4.79 Å². The van der Waals surface area contributed by atoms with Crippen LogP contribution in [0.1, 0.15) is 35.7 Å². The van der Waals surface area contributed by atoms with Crippen LogP contribution in [0.25, 0.3) is 0 Å². The topological polar surface area (TPSA) is 45.9 Å². The second kappa shape index (κ2) is 7.30. The summed E-state index contributed by atoms with van der Waals surface area (Å²) < 4.78 is 10.2. The van der Waals surface area contributed by atoms with E-state index in [1.807, 2.05) is 6.07 Å². The van der Waals surface area contributed by atoms with Crippen molar-refractivity contribution >= 4 is 5.97 Å². The number of nitrogens with zero attached hydrogens (tertiary/aromatic N) is 2. The molecule has 1 aromatic heterocycles. The molecule has 21 heavy (non-hydrogen) atoms. The van der Waals surface area contributed by atoms with Crippen molar-refractivity contribution in [3.63, 3.8) is 0 Å². The van der Waals surface area contributed by atoms with Crippen LogP contribution in [-0.4, -0.2) is 55.6 Å². The minimum absolute atomic E-state index is 0.151. The van der Waals surface area contributed by atoms with Gasteiger partial charge in [0.15, 0.2) is 0 Å². The molecule has 0 saturated carbocycles. The van der Waals surface area contributed by atoms with Crippen molar-refractivity contribution < 1.29 is 13.9 Å². The predicted molar refractivity (Wildman–Crippen MR) is 79.9 cm³/mol. The van der Waals surface area contributed by atoms with Crippen molar-refractivity contribution in [3.8, 4) is 12.3 Å². The Morgan fingerprint density at radius 2 is 2.14 bits per heavy atom. The second-order valence-electron chi connectivity index (χ2n) is 5.20. The molecule has 5 heteroatoms. The highest BCUT2D eigenvalue weighted by Gasteiger charge is 2.24. The molecule has 0 aromatic carbocycles. The van der Waals surface area contributed by atoms with Crippen LogP contribution in [0.3, 0.4) is 0 Å². The third-order valence-corrected chi connectivity index (χ3v) is 3.95. The number of hydrogen-bond acceptors (Lipinski definition) is 5. The molecule has 1 aliphatic rings. The van der Waals surface area contributed by atoms with E-state index < -0.39 is 5.97 Å². The molecule has 5 nitrogen and oxygen atoms in total. The van der Waals surface area contributed by atoms with E-state index in [4.69, 9.17) is 10.8 Å². The average molecular weight is 290 g/mol. The van der Waals surface area contributed by atoms with Gasteiger partial charge < -0.3 is 9.15 Å². The van der Waals surface area contributed by atoms with Gasteiger partial charge in [-0.1, -0.05) is 0 Å². The number of methoxy groups -OCH3 is 1. The Morgan fingerprint density at radius 3 is 2.76 bits per heavy atom. The van der Waals surface area contributed by atoms with Gasteiger partial charge in [0.05, 0.1) is 13.2 Å². The maximum Gasteiger partial charge on any atom is 0.373 e. The first-order chi connectivity index (χ1) is 10.2. The molecule has 1 aliphatic heterocycles. The van der Waals surface area contributed by atoms with Crippen molar-refractivity contribution in [2.24, 2.45) is 0 Å². The summed E-state index contributed by atoms with van der Waals surface area (Å²) in [6, 6.07) is 3.67. The van der Waals surface area contributed by atoms with Crippen LogP contribution in [0.2, 0.25) is 0 Å². The number of carbonyl (C=O) groups is 1. The minimum Gasteiger partial charge on any atom is -0.463 e. The number of rotatable bonds is 5. The monoisotopic (exact) mass is 290 g/mol. The smallest absolute Gasteiger partial charge is 0.373 e. The highest BCUT2D eigenvalue weighted by molar-refractivity contribution is 5.86. The first-order valence-electron chi connectivity index (χ1n) is 7.23. The van der Waals surface area contributed by atoms with E-state index in [0.717, 1.165) is 44.9 Å². The van der Waals surface area contributed by atoms with Gasteiger partial charge in [-0.3, -0.25) is 9.80 Å². The average Bonchev–Trinajstić information content (AvgIpc) is 3.02. The predicted octanol–water partition coefficient (Wildman–Crippen LogP) is 1.77. The van der Waals surface area contributed by atoms with Crippen LogP contribution >= 0.6 is 0 Å². The van der Waals surface area contributed by atoms with Gasteiger partial charge in [0.1, 0.15) is 5.76 Å². The molecule has 0 unspecified atom stereocenters. The van der Waals surface area contributed by atoms with Gasteiger partial charge >= 0.3 is 5.97 Å². The Bertz CT molecular complexity index is 510. The fourth-order valence-corrected chi connectivity index (χ4v) is 2.56. The molecule has 2 heterocycles. The molecule has 1 fully saturated rings. The number of piperazine rings is 1. The Labute approximate surface area is 125 Å². The molecule has 0 spiro atoms. The fourth-order valence-electron chi connectivity index (χ4n) is 2.56. The molecule has 0 amide bonds. The number of hydrogen-bond donors (Lipinski definition) is 0. The first kappa shape index (κ1) is 15.6. The third kappa shape index (κ3) is 3.87. The summed E-state index contributed by atoms with van der Waals surface area (Å²) in [6.45, 7) is 7.02. The maximum absolute atomic E-state index is 11.4. The molecule has 0 aliphatic carbocycles. The first-order valence-corrected chi connectivity index (χ1v) is 7.23. The summed E-state index contributed by atoms with van der Waals surface area (Å²) in [7, 11) is 1.35. The molecule has 1 aromatic rings. The summed E-state index contributed by atoms with van der Waals surface area (Å²) in [6.07, 6.45) is 6.10. The van der Waals surface area contributed by atoms with Crippen molar-refractivity contribution in [1.29, 1.82) is 0 Å². The van der Waals surface area contributed by atoms with Crippen molar-refractivity contribution in [2.75, 3.05) is 39.8 Å². The molecule has 2 rings (SSSR count). The zero-order chi connectivity index (χ0) is 15.2. The SMILES string of the molecule is C#CCCN1CCN([C@@H](C)c2ccc(C(=O)OC)o2)CC1. The van der Waals surface area contributed by atoms with Crippen LogP contribution in [-0.2, 0) is 4.74 Å². The van der Waals surface area contributed by atoms with E-state index in [1.54, 1.807) is 6.07 Å². The Hall–Kier alpha value is -1.77. The zero-order valence-electron chi connectivity index (χ0n) is 12.7. The summed E-state index contributed by atoms with van der Waals surface area (Å²) in [5.41, 5.74) is 0. The maximum atomic E-state index is 11.4. The van der Waals surface area contributed by atoms with E-state index in [9.17, 15) is 4.79 Å². The lowest BCUT2D eigenvalue weighted by Crippen LogP contribution is -2.47. The quantitative estimate of drug-likeness (QED) is 0.611. The largest absolute Gasteiger partial charge is 0.463 e. The Balaban J connectivity index is 1.90. The summed E-state index contributed by atoms with van der Waals surface area (Å²) in [4.78, 5) is 16.2. The molecule has 114 valence electrons. The molecule has 0 bridgehead atoms. The Morgan fingerprint density at radius 1 is 1.43 bits per heavy atom. The standard InChI is InChI=1S/C16H22N2O3/c1-4-5-8-17-9-11-18(12-10-17)13(2)14-6-7-15(21-14)16(19)20-3/h1,6-7,13H,5,8-12H2,2-3H3/t13-/m0/s1. The van der Waals surface area contributed by atoms with Crippen LogP contribution in [0, 0.1) is 12.3 Å². The number of carbonyl (C=O) groups excluding carboxylic acids is 1. The molecular weight excluding hydrogens is 268 g/mol. The van der Waals surface area contributed by atoms with Gasteiger partial charge in [-0.05, 0) is 19.1 Å². The van der Waals surface area contributed by atoms with Gasteiger partial charge in [0.2, 0.25) is 5.76 Å². The van der Waals surface area contributed by atoms with Crippen LogP contribution in [0.15, 0.2) is 16.5 Å². The number of terminal acetylenes is 1. The summed E-state index contributed by atoms with van der Waals surface area (Å²) >= 11 is 0. The minimum atomic E-state index is -0.437. The lowest BCUT2D eigenvalue weighted by atomic mass is 10.2. The van der Waals surface area contributed by atoms with Crippen LogP contribution < -0.4 is 0 Å². The number of esters is 1. The fraction of sp³-hybridized carbons (Fsp3) is 0.562. The molecule has 1 atom stereocenters. The lowest BCUT2D eigenvalue weighted by Gasteiger charge is -2.37. The zero-order valence-corrected chi connectivity index (χ0v) is 12.7. The van der Waals surface area contributed by atoms with Crippen molar-refractivity contribution in [1.82, 2.24) is 9.80 Å². The van der Waals surface area contributed by atoms with E-state index in [0.29, 0.717) is 0 Å². The number of furan rings is 1. The molecule has 0 N–H and O–H groups in total. The van der Waals surface area contributed by atoms with Gasteiger partial charge in [0, 0.05) is 39.1 Å². The highest BCUT2D eigenvalue weighted by atomic mass is 16.5. The lowest BCUT2D eigenvalue weighted by molar-refractivity contribution is 0.0553. The molecular formula is C16H22N2O3. The van der Waals surface area contributed by atoms with Gasteiger partial charge in [-0.15, -0.1) is 12.3 Å². The van der Waals surface area contributed by atoms with E-state index >= 15 is 0 Å². The van der Waals surface area contributed by atoms with Crippen molar-refractivity contribution in [3.05, 3.63) is 23.7 Å². The van der Waals surface area contributed by atoms with E-state index in [2.05, 4.69) is 27.4 Å². The summed E-state index contributed by atoms with van der Waals surface area (Å²) in [5, 5.41) is 0. The van der Waals surface area contributed by atoms with E-state index in [1.165, 1.54) is 7.11 Å². The number of ether oxygens (including phenoxy) is 1. The Kier molecular flexibility index (Phi) is 5.43. The third-order valence-electron chi connectivity index (χ3n) is 3.95. The molecule has 1 saturated heterocycles. The van der Waals surface area contributed by atoms with Crippen molar-refractivity contribution in [2.45, 2.75) is 19.4 Å². The second-order valence-corrected chi connectivity index (χ2v) is 5.20. The molecule has 0 radical (unpaired) electrons. The highest BCUT2D eigenvalue weighted by Crippen LogP contribution is 2.24. The normalized spacial score (nSPS) is 18.1. The van der Waals surface area contributed by atoms with Gasteiger partial charge in [0.25, 0.3) is 0 Å². The van der Waals surface area contributed by atoms with Crippen LogP contribution in [0.5, 0.6) is 0 Å².